The van der Waals surface area contributed by atoms with Crippen molar-refractivity contribution in [1.29, 1.82) is 0 Å². The standard InChI is InChI=1S/C25H25ClN2O6S/c1-4-34-25(30)18-6-5-17(2)23(15-18)27-24(29)16-28(20-9-7-19(26)8-10-20)35(31,32)22-13-11-21(33-3)12-14-22/h5-15H,4,16H2,1-3H3,(H,27,29). The number of ether oxygens (including phenoxy) is 2. The average Bonchev–Trinajstić information content (AvgIpc) is 2.84. The molecule has 0 saturated carbocycles. The van der Waals surface area contributed by atoms with Crippen LogP contribution in [0.2, 0.25) is 5.02 Å². The second-order valence-corrected chi connectivity index (χ2v) is 9.76. The highest BCUT2D eigenvalue weighted by Gasteiger charge is 2.27. The molecular weight excluding hydrogens is 492 g/mol. The molecular formula is C25H25ClN2O6S. The van der Waals surface area contributed by atoms with Gasteiger partial charge in [-0.2, -0.15) is 0 Å². The van der Waals surface area contributed by atoms with Gasteiger partial charge in [-0.1, -0.05) is 17.7 Å². The molecule has 0 unspecified atom stereocenters. The first-order valence-electron chi connectivity index (χ1n) is 10.7. The number of rotatable bonds is 9. The Balaban J connectivity index is 1.92. The van der Waals surface area contributed by atoms with Crippen molar-refractivity contribution in [2.45, 2.75) is 18.7 Å². The van der Waals surface area contributed by atoms with Gasteiger partial charge in [0.1, 0.15) is 12.3 Å². The molecule has 0 atom stereocenters. The fourth-order valence-electron chi connectivity index (χ4n) is 3.22. The van der Waals surface area contributed by atoms with E-state index in [1.807, 2.05) is 0 Å². The van der Waals surface area contributed by atoms with Gasteiger partial charge in [0.05, 0.1) is 29.9 Å². The Kier molecular flexibility index (Phi) is 8.37. The number of nitrogens with one attached hydrogen (secondary N) is 1. The normalized spacial score (nSPS) is 11.0. The number of carbonyl (C=O) groups is 2. The Morgan fingerprint density at radius 3 is 2.26 bits per heavy atom. The third kappa shape index (κ3) is 6.32. The first kappa shape index (κ1) is 26.1. The molecule has 1 N–H and O–H groups in total. The maximum Gasteiger partial charge on any atom is 0.338 e. The monoisotopic (exact) mass is 516 g/mol. The van der Waals surface area contributed by atoms with Gasteiger partial charge in [0.25, 0.3) is 10.0 Å². The van der Waals surface area contributed by atoms with Crippen molar-refractivity contribution in [3.05, 3.63) is 82.9 Å². The van der Waals surface area contributed by atoms with Crippen molar-refractivity contribution in [2.24, 2.45) is 0 Å². The van der Waals surface area contributed by atoms with Crippen LogP contribution in [-0.4, -0.2) is 40.6 Å². The summed E-state index contributed by atoms with van der Waals surface area (Å²) < 4.78 is 38.1. The van der Waals surface area contributed by atoms with E-state index in [-0.39, 0.29) is 22.8 Å². The number of benzene rings is 3. The smallest absolute Gasteiger partial charge is 0.338 e. The van der Waals surface area contributed by atoms with Crippen molar-refractivity contribution in [3.63, 3.8) is 0 Å². The highest BCUT2D eigenvalue weighted by Crippen LogP contribution is 2.27. The Morgan fingerprint density at radius 1 is 1.00 bits per heavy atom. The van der Waals surface area contributed by atoms with Crippen LogP contribution in [0.3, 0.4) is 0 Å². The van der Waals surface area contributed by atoms with E-state index >= 15 is 0 Å². The molecule has 3 aromatic rings. The number of hydrogen-bond acceptors (Lipinski definition) is 6. The molecule has 0 spiro atoms. The van der Waals surface area contributed by atoms with Gasteiger partial charge >= 0.3 is 5.97 Å². The molecule has 35 heavy (non-hydrogen) atoms. The highest BCUT2D eigenvalue weighted by atomic mass is 35.5. The molecule has 0 aliphatic carbocycles. The summed E-state index contributed by atoms with van der Waals surface area (Å²) in [7, 11) is -2.64. The zero-order valence-electron chi connectivity index (χ0n) is 19.4. The van der Waals surface area contributed by atoms with Crippen LogP contribution in [0.5, 0.6) is 5.75 Å². The number of hydrogen-bond donors (Lipinski definition) is 1. The maximum absolute atomic E-state index is 13.5. The summed E-state index contributed by atoms with van der Waals surface area (Å²) in [6.07, 6.45) is 0. The van der Waals surface area contributed by atoms with Crippen LogP contribution in [0.1, 0.15) is 22.8 Å². The van der Waals surface area contributed by atoms with Crippen LogP contribution in [0.25, 0.3) is 0 Å². The molecule has 0 bridgehead atoms. The number of amides is 1. The van der Waals surface area contributed by atoms with Crippen LogP contribution >= 0.6 is 11.6 Å². The minimum Gasteiger partial charge on any atom is -0.497 e. The predicted octanol–water partition coefficient (Wildman–Crippen LogP) is 4.67. The number of sulfonamides is 1. The lowest BCUT2D eigenvalue weighted by molar-refractivity contribution is -0.114. The van der Waals surface area contributed by atoms with Crippen molar-refractivity contribution < 1.29 is 27.5 Å². The molecule has 0 fully saturated rings. The number of carbonyl (C=O) groups excluding carboxylic acids is 2. The summed E-state index contributed by atoms with van der Waals surface area (Å²) in [5.41, 5.74) is 1.60. The first-order valence-corrected chi connectivity index (χ1v) is 12.5. The second-order valence-electron chi connectivity index (χ2n) is 7.46. The molecule has 184 valence electrons. The van der Waals surface area contributed by atoms with E-state index < -0.39 is 28.4 Å². The molecule has 0 aromatic heterocycles. The van der Waals surface area contributed by atoms with E-state index in [1.165, 1.54) is 61.7 Å². The largest absolute Gasteiger partial charge is 0.497 e. The van der Waals surface area contributed by atoms with Gasteiger partial charge in [-0.15, -0.1) is 0 Å². The molecule has 10 heteroatoms. The van der Waals surface area contributed by atoms with Gasteiger partial charge < -0.3 is 14.8 Å². The summed E-state index contributed by atoms with van der Waals surface area (Å²) in [6, 6.07) is 16.7. The van der Waals surface area contributed by atoms with E-state index in [9.17, 15) is 18.0 Å². The van der Waals surface area contributed by atoms with E-state index in [2.05, 4.69) is 5.32 Å². The molecule has 3 rings (SSSR count). The number of anilines is 2. The number of aryl methyl sites for hydroxylation is 1. The Bertz CT molecular complexity index is 1310. The summed E-state index contributed by atoms with van der Waals surface area (Å²) in [4.78, 5) is 25.1. The van der Waals surface area contributed by atoms with Crippen LogP contribution in [-0.2, 0) is 19.6 Å². The third-order valence-electron chi connectivity index (χ3n) is 5.07. The lowest BCUT2D eigenvalue weighted by Crippen LogP contribution is -2.38. The fraction of sp³-hybridized carbons (Fsp3) is 0.200. The fourth-order valence-corrected chi connectivity index (χ4v) is 4.76. The molecule has 0 heterocycles. The molecule has 0 saturated heterocycles. The summed E-state index contributed by atoms with van der Waals surface area (Å²) >= 11 is 5.98. The van der Waals surface area contributed by atoms with Crippen molar-refractivity contribution in [3.8, 4) is 5.75 Å². The Morgan fingerprint density at radius 2 is 1.66 bits per heavy atom. The lowest BCUT2D eigenvalue weighted by Gasteiger charge is -2.24. The summed E-state index contributed by atoms with van der Waals surface area (Å²) in [5, 5.41) is 3.12. The zero-order chi connectivity index (χ0) is 25.6. The average molecular weight is 517 g/mol. The number of methoxy groups -OCH3 is 1. The number of nitrogens with zero attached hydrogens (tertiary/aromatic N) is 1. The highest BCUT2D eigenvalue weighted by molar-refractivity contribution is 7.92. The van der Waals surface area contributed by atoms with Crippen LogP contribution in [0, 0.1) is 6.92 Å². The van der Waals surface area contributed by atoms with Gasteiger partial charge in [0.15, 0.2) is 0 Å². The summed E-state index contributed by atoms with van der Waals surface area (Å²) in [6.45, 7) is 3.16. The van der Waals surface area contributed by atoms with E-state index in [0.717, 1.165) is 4.31 Å². The van der Waals surface area contributed by atoms with Crippen LogP contribution in [0.15, 0.2) is 71.6 Å². The Hall–Kier alpha value is -3.56. The number of esters is 1. The number of halogens is 1. The van der Waals surface area contributed by atoms with E-state index in [0.29, 0.717) is 22.0 Å². The van der Waals surface area contributed by atoms with Gasteiger partial charge in [-0.25, -0.2) is 13.2 Å². The van der Waals surface area contributed by atoms with Crippen molar-refractivity contribution in [2.75, 3.05) is 29.9 Å². The van der Waals surface area contributed by atoms with E-state index in [1.54, 1.807) is 26.0 Å². The van der Waals surface area contributed by atoms with Gasteiger partial charge in [-0.05, 0) is 80.1 Å². The van der Waals surface area contributed by atoms with Gasteiger partial charge in [0.2, 0.25) is 5.91 Å². The molecule has 0 aliphatic rings. The molecule has 3 aromatic carbocycles. The lowest BCUT2D eigenvalue weighted by atomic mass is 10.1. The summed E-state index contributed by atoms with van der Waals surface area (Å²) in [5.74, 6) is -0.620. The molecule has 0 radical (unpaired) electrons. The SMILES string of the molecule is CCOC(=O)c1ccc(C)c(NC(=O)CN(c2ccc(Cl)cc2)S(=O)(=O)c2ccc(OC)cc2)c1. The zero-order valence-corrected chi connectivity index (χ0v) is 21.0. The topological polar surface area (TPSA) is 102 Å². The predicted molar refractivity (Wildman–Crippen MR) is 135 cm³/mol. The molecule has 0 aliphatic heterocycles. The Labute approximate surface area is 209 Å². The third-order valence-corrected chi connectivity index (χ3v) is 7.11. The van der Waals surface area contributed by atoms with Crippen molar-refractivity contribution in [1.82, 2.24) is 0 Å². The maximum atomic E-state index is 13.5. The quantitative estimate of drug-likeness (QED) is 0.415. The van der Waals surface area contributed by atoms with Gasteiger partial charge in [-0.3, -0.25) is 9.10 Å². The minimum absolute atomic E-state index is 0.0125. The second kappa shape index (κ2) is 11.2. The first-order chi connectivity index (χ1) is 16.6. The van der Waals surface area contributed by atoms with E-state index in [4.69, 9.17) is 21.1 Å². The van der Waals surface area contributed by atoms with Gasteiger partial charge in [0, 0.05) is 10.7 Å². The van der Waals surface area contributed by atoms with Crippen LogP contribution in [0.4, 0.5) is 11.4 Å². The molecule has 1 amide bonds. The molecule has 8 nitrogen and oxygen atoms in total. The minimum atomic E-state index is -4.12. The van der Waals surface area contributed by atoms with Crippen molar-refractivity contribution >= 4 is 44.9 Å². The van der Waals surface area contributed by atoms with Crippen LogP contribution < -0.4 is 14.4 Å².